The molecule has 0 radical (unpaired) electrons. The second-order valence-corrected chi connectivity index (χ2v) is 0.368. The molecule has 30 valence electrons. The molecular formula is C3H3O2Rf-. The summed E-state index contributed by atoms with van der Waals surface area (Å²) in [6.45, 7) is 4.22. The Labute approximate surface area is 30.1 Å². The molecule has 0 aliphatic carbocycles. The van der Waals surface area contributed by atoms with Crippen LogP contribution >= 0.6 is 0 Å². The molecule has 0 aromatic rings. The van der Waals surface area contributed by atoms with Gasteiger partial charge in [0.25, 0.3) is 0 Å². The first kappa shape index (κ1) is 8.88. The number of carbonyl (C=O) groups excluding carboxylic acids is 1. The van der Waals surface area contributed by atoms with E-state index in [1.807, 2.05) is 0 Å². The zero-order chi connectivity index (χ0) is 4.12. The van der Waals surface area contributed by atoms with Crippen molar-refractivity contribution in [2.45, 2.75) is 0 Å². The van der Waals surface area contributed by atoms with Gasteiger partial charge in [0.2, 0.25) is 0 Å². The maximum Gasteiger partial charge on any atom is 0.169 e. The fourth-order valence-corrected chi connectivity index (χ4v) is 0.0340. The first-order chi connectivity index (χ1) is 2.41. The predicted octanol–water partition coefficient (Wildman–Crippen LogP) is 0.214. The van der Waals surface area contributed by atoms with Crippen LogP contribution in [0.4, 0.5) is 0 Å². The normalized spacial score (nSPS) is 4.67. The van der Waals surface area contributed by atoms with Crippen LogP contribution in [0.2, 0.25) is 0 Å². The monoisotopic (exact) mass is 338 g/mol. The van der Waals surface area contributed by atoms with E-state index in [4.69, 9.17) is 4.79 Å². The van der Waals surface area contributed by atoms with E-state index in [9.17, 15) is 0 Å². The molecule has 3 heteroatoms. The second kappa shape index (κ2) is 10.7. The fraction of sp³-hybridized carbons (Fsp3) is 0. The van der Waals surface area contributed by atoms with Gasteiger partial charge in [0.05, 0.1) is 0 Å². The van der Waals surface area contributed by atoms with Gasteiger partial charge in [-0.25, -0.2) is 0 Å². The van der Waals surface area contributed by atoms with Gasteiger partial charge >= 0.3 is 0 Å². The molecule has 2 nitrogen and oxygen atoms in total. The summed E-state index contributed by atoms with van der Waals surface area (Å²) in [5, 5.41) is 0. The largest absolute Gasteiger partial charge is 0.617 e. The molecule has 0 bridgehead atoms. The first-order valence-electron chi connectivity index (χ1n) is 1.05. The van der Waals surface area contributed by atoms with Crippen molar-refractivity contribution >= 4 is 6.47 Å². The molecule has 0 amide bonds. The molecule has 0 aliphatic rings. The van der Waals surface area contributed by atoms with Gasteiger partial charge in [-0.2, -0.15) is 0 Å². The predicted molar refractivity (Wildman–Crippen MR) is 17.0 cm³/mol. The molecule has 0 aliphatic heterocycles. The Kier molecular flexibility index (Phi) is 15.9. The van der Waals surface area contributed by atoms with Crippen LogP contribution in [0.25, 0.3) is 0 Å². The van der Waals surface area contributed by atoms with Crippen LogP contribution in [0.5, 0.6) is 0 Å². The average Bonchev–Trinajstić information content (AvgIpc) is 1.41. The zero-order valence-electron chi connectivity index (χ0n) is 3.31. The summed E-state index contributed by atoms with van der Waals surface area (Å²) in [5.41, 5.74) is 0. The van der Waals surface area contributed by atoms with Crippen molar-refractivity contribution in [3.8, 4) is 0 Å². The van der Waals surface area contributed by atoms with Crippen LogP contribution in [-0.4, -0.2) is 6.47 Å². The molecule has 0 heterocycles. The van der Waals surface area contributed by atoms with Gasteiger partial charge in [-0.05, 0) is 0 Å². The third-order valence-corrected chi connectivity index (χ3v) is 0.131. The topological polar surface area (TPSA) is 26.3 Å². The molecule has 0 unspecified atom stereocenters. The van der Waals surface area contributed by atoms with Crippen LogP contribution in [0.15, 0.2) is 12.8 Å². The minimum absolute atomic E-state index is 0. The third-order valence-electron chi connectivity index (χ3n) is 0.131. The maximum atomic E-state index is 8.99. The van der Waals surface area contributed by atoms with Crippen LogP contribution in [0.1, 0.15) is 0 Å². The van der Waals surface area contributed by atoms with Crippen molar-refractivity contribution in [3.05, 3.63) is 12.8 Å². The molecular weight excluding hydrogens is 335 g/mol. The van der Waals surface area contributed by atoms with Crippen LogP contribution in [0, 0.1) is 0 Å². The van der Waals surface area contributed by atoms with E-state index in [2.05, 4.69) is 11.3 Å². The van der Waals surface area contributed by atoms with Gasteiger partial charge in [0.1, 0.15) is 0 Å². The van der Waals surface area contributed by atoms with E-state index in [0.29, 0.717) is 0 Å². The van der Waals surface area contributed by atoms with Gasteiger partial charge in [-0.1, -0.05) is 6.26 Å². The molecule has 0 rings (SSSR count). The molecule has 0 spiro atoms. The summed E-state index contributed by atoms with van der Waals surface area (Å²) in [4.78, 5) is 8.99. The van der Waals surface area contributed by atoms with Crippen molar-refractivity contribution in [3.63, 3.8) is 0 Å². The Bertz CT molecular complexity index is 38.1. The second-order valence-electron chi connectivity index (χ2n) is 0.368. The molecule has 0 saturated carbocycles. The van der Waals surface area contributed by atoms with Gasteiger partial charge in [-0.3, -0.25) is 0 Å². The van der Waals surface area contributed by atoms with Gasteiger partial charge in [0, 0.05) is 0 Å². The minimum atomic E-state index is 0. The first-order valence-corrected chi connectivity index (χ1v) is 1.05. The van der Waals surface area contributed by atoms with E-state index in [1.54, 1.807) is 0 Å². The summed E-state index contributed by atoms with van der Waals surface area (Å²) in [6, 6.07) is 0. The summed E-state index contributed by atoms with van der Waals surface area (Å²) >= 11 is 0. The SMILES string of the molecule is C=CO[C-]=O.[Rf]. The smallest absolute Gasteiger partial charge is 0.169 e. The van der Waals surface area contributed by atoms with Crippen molar-refractivity contribution in [1.82, 2.24) is 0 Å². The Morgan fingerprint density at radius 3 is 2.33 bits per heavy atom. The molecule has 6 heavy (non-hydrogen) atoms. The molecule has 0 aromatic heterocycles. The summed E-state index contributed by atoms with van der Waals surface area (Å²) < 4.78 is 3.79. The van der Waals surface area contributed by atoms with E-state index >= 15 is 0 Å². The summed E-state index contributed by atoms with van der Waals surface area (Å²) in [7, 11) is 0. The zero-order valence-corrected chi connectivity index (χ0v) is 9.71. The van der Waals surface area contributed by atoms with Crippen LogP contribution in [-0.2, 0) is 9.53 Å². The van der Waals surface area contributed by atoms with Crippen molar-refractivity contribution in [2.24, 2.45) is 0 Å². The van der Waals surface area contributed by atoms with Crippen molar-refractivity contribution < 1.29 is 9.53 Å². The third kappa shape index (κ3) is 73.4. The van der Waals surface area contributed by atoms with Gasteiger partial charge < -0.3 is 9.53 Å². The molecule has 0 fully saturated rings. The number of hydrogen-bond acceptors (Lipinski definition) is 2. The van der Waals surface area contributed by atoms with Crippen molar-refractivity contribution in [2.75, 3.05) is 0 Å². The Balaban J connectivity index is 0. The van der Waals surface area contributed by atoms with Crippen LogP contribution in [0.3, 0.4) is 0 Å². The molecule has 0 aromatic carbocycles. The Morgan fingerprint density at radius 1 is 1.83 bits per heavy atom. The van der Waals surface area contributed by atoms with Crippen molar-refractivity contribution in [1.29, 1.82) is 0 Å². The van der Waals surface area contributed by atoms with Crippen LogP contribution < -0.4 is 0 Å². The summed E-state index contributed by atoms with van der Waals surface area (Å²) in [5.74, 6) is 0. The molecule has 0 atom stereocenters. The van der Waals surface area contributed by atoms with E-state index < -0.39 is 0 Å². The Hall–Kier alpha value is -1.79. The minimum Gasteiger partial charge on any atom is -0.617 e. The van der Waals surface area contributed by atoms with E-state index in [0.717, 1.165) is 12.7 Å². The van der Waals surface area contributed by atoms with Gasteiger partial charge in [-0.15, -0.1) is 6.58 Å². The fourth-order valence-electron chi connectivity index (χ4n) is 0.0340. The summed E-state index contributed by atoms with van der Waals surface area (Å²) in [6.07, 6.45) is 1.01. The van der Waals surface area contributed by atoms with E-state index in [-0.39, 0.29) is 0 Å². The number of hydrogen-bond donors (Lipinski definition) is 0. The quantitative estimate of drug-likeness (QED) is 0.532. The molecule has 0 N–H and O–H groups in total. The average molecular weight is 338 g/mol. The van der Waals surface area contributed by atoms with E-state index in [1.165, 1.54) is 0 Å². The number of ether oxygens (including phenoxy) is 1. The maximum absolute atomic E-state index is 8.99. The number of rotatable bonds is 2. The molecule has 0 saturated heterocycles. The van der Waals surface area contributed by atoms with Gasteiger partial charge in [0.15, 0.2) is 6.47 Å². The standard InChI is InChI=1S/C3H3O2.Rf/c1-2-5-3-4;/h2H,1H2;/q-1;. The Morgan fingerprint density at radius 2 is 2.33 bits per heavy atom.